The fourth-order valence-corrected chi connectivity index (χ4v) is 3.73. The van der Waals surface area contributed by atoms with Crippen molar-refractivity contribution in [3.8, 4) is 0 Å². The summed E-state index contributed by atoms with van der Waals surface area (Å²) in [5.41, 5.74) is 2.81. The van der Waals surface area contributed by atoms with Crippen LogP contribution in [0.5, 0.6) is 0 Å². The number of benzene rings is 1. The molecule has 0 aliphatic carbocycles. The molecule has 27 heavy (non-hydrogen) atoms. The van der Waals surface area contributed by atoms with E-state index in [2.05, 4.69) is 20.0 Å². The predicted octanol–water partition coefficient (Wildman–Crippen LogP) is 2.95. The molecular weight excluding hydrogens is 371 g/mol. The highest BCUT2D eigenvalue weighted by molar-refractivity contribution is 6.30. The van der Waals surface area contributed by atoms with Crippen molar-refractivity contribution in [1.82, 2.24) is 9.88 Å². The molecule has 0 saturated carbocycles. The molecule has 0 radical (unpaired) electrons. The maximum Gasteiger partial charge on any atom is 0.158 e. The van der Waals surface area contributed by atoms with Crippen LogP contribution in [0.25, 0.3) is 0 Å². The standard InChI is InChI=1S/C19H18ClFN4O2/c20-15-7-11(1-2-16(15)21)8-17(24-27)13-3-5-22-19-14(13)9-18(23-19)25-6-4-12(26)10-25/h1-3,5,7,12,26-27H,4,6,8-10H2/b24-17+/t12-/m0/s1. The number of amidine groups is 1. The molecule has 1 aromatic carbocycles. The minimum absolute atomic E-state index is 0.0305. The third kappa shape index (κ3) is 3.52. The molecule has 3 heterocycles. The van der Waals surface area contributed by atoms with Gasteiger partial charge in [-0.1, -0.05) is 22.8 Å². The van der Waals surface area contributed by atoms with Crippen molar-refractivity contribution < 1.29 is 14.7 Å². The first-order chi connectivity index (χ1) is 13.0. The van der Waals surface area contributed by atoms with Gasteiger partial charge in [-0.25, -0.2) is 14.4 Å². The summed E-state index contributed by atoms with van der Waals surface area (Å²) in [5, 5.41) is 22.8. The zero-order valence-corrected chi connectivity index (χ0v) is 15.2. The molecule has 6 nitrogen and oxygen atoms in total. The number of hydrogen-bond donors (Lipinski definition) is 2. The van der Waals surface area contributed by atoms with Crippen LogP contribution in [0.1, 0.15) is 23.1 Å². The number of aromatic nitrogens is 1. The van der Waals surface area contributed by atoms with Crippen molar-refractivity contribution in [3.63, 3.8) is 0 Å². The Labute approximate surface area is 160 Å². The quantitative estimate of drug-likeness (QED) is 0.481. The Morgan fingerprint density at radius 2 is 2.22 bits per heavy atom. The molecule has 0 bridgehead atoms. The summed E-state index contributed by atoms with van der Waals surface area (Å²) in [6.45, 7) is 1.33. The Balaban J connectivity index is 1.59. The normalized spacial score (nSPS) is 19.4. The lowest BCUT2D eigenvalue weighted by Crippen LogP contribution is -2.29. The van der Waals surface area contributed by atoms with E-state index in [0.29, 0.717) is 30.9 Å². The van der Waals surface area contributed by atoms with Crippen molar-refractivity contribution in [2.75, 3.05) is 13.1 Å². The molecule has 2 N–H and O–H groups in total. The number of aliphatic imine (C=N–C) groups is 1. The lowest BCUT2D eigenvalue weighted by molar-refractivity contribution is 0.188. The highest BCUT2D eigenvalue weighted by Crippen LogP contribution is 2.30. The Hall–Kier alpha value is -2.51. The zero-order valence-electron chi connectivity index (χ0n) is 14.4. The van der Waals surface area contributed by atoms with Gasteiger partial charge in [0.25, 0.3) is 0 Å². The van der Waals surface area contributed by atoms with Crippen LogP contribution < -0.4 is 0 Å². The highest BCUT2D eigenvalue weighted by Gasteiger charge is 2.29. The maximum absolute atomic E-state index is 13.4. The van der Waals surface area contributed by atoms with Gasteiger partial charge in [0.2, 0.25) is 0 Å². The van der Waals surface area contributed by atoms with Crippen LogP contribution in [0.3, 0.4) is 0 Å². The summed E-state index contributed by atoms with van der Waals surface area (Å²) in [4.78, 5) is 11.0. The van der Waals surface area contributed by atoms with E-state index in [1.54, 1.807) is 18.3 Å². The monoisotopic (exact) mass is 388 g/mol. The summed E-state index contributed by atoms with van der Waals surface area (Å²) < 4.78 is 13.4. The summed E-state index contributed by atoms with van der Waals surface area (Å²) in [7, 11) is 0. The number of fused-ring (bicyclic) bond motifs is 1. The van der Waals surface area contributed by atoms with Gasteiger partial charge in [0.15, 0.2) is 5.82 Å². The second kappa shape index (κ2) is 7.25. The van der Waals surface area contributed by atoms with Crippen LogP contribution in [0.15, 0.2) is 40.6 Å². The number of likely N-dealkylation sites (tertiary alicyclic amines) is 1. The smallest absolute Gasteiger partial charge is 0.158 e. The first-order valence-corrected chi connectivity index (χ1v) is 9.06. The fourth-order valence-electron chi connectivity index (χ4n) is 3.53. The Morgan fingerprint density at radius 1 is 1.37 bits per heavy atom. The van der Waals surface area contributed by atoms with Gasteiger partial charge in [-0.05, 0) is 30.2 Å². The molecule has 140 valence electrons. The molecular formula is C19H18ClFN4O2. The molecule has 2 aliphatic heterocycles. The van der Waals surface area contributed by atoms with E-state index in [4.69, 9.17) is 11.6 Å². The van der Waals surface area contributed by atoms with Gasteiger partial charge in [0.1, 0.15) is 11.7 Å². The van der Waals surface area contributed by atoms with Crippen LogP contribution >= 0.6 is 11.6 Å². The fraction of sp³-hybridized carbons (Fsp3) is 0.316. The van der Waals surface area contributed by atoms with E-state index in [9.17, 15) is 14.7 Å². The summed E-state index contributed by atoms with van der Waals surface area (Å²) in [5.74, 6) is 0.976. The average Bonchev–Trinajstić information content (AvgIpc) is 3.28. The molecule has 2 aliphatic rings. The molecule has 1 fully saturated rings. The first kappa shape index (κ1) is 17.9. The SMILES string of the molecule is O/N=C(\Cc1ccc(F)c(Cl)c1)c1ccnc2c1CC(N1CC[C@H](O)C1)=N2. The molecule has 0 unspecified atom stereocenters. The largest absolute Gasteiger partial charge is 0.411 e. The van der Waals surface area contributed by atoms with Gasteiger partial charge in [0, 0.05) is 43.3 Å². The first-order valence-electron chi connectivity index (χ1n) is 8.69. The van der Waals surface area contributed by atoms with E-state index in [0.717, 1.165) is 35.5 Å². The molecule has 1 atom stereocenters. The van der Waals surface area contributed by atoms with Gasteiger partial charge >= 0.3 is 0 Å². The highest BCUT2D eigenvalue weighted by atomic mass is 35.5. The van der Waals surface area contributed by atoms with Crippen LogP contribution in [0.2, 0.25) is 5.02 Å². The number of nitrogens with zero attached hydrogens (tertiary/aromatic N) is 4. The predicted molar refractivity (Wildman–Crippen MR) is 101 cm³/mol. The van der Waals surface area contributed by atoms with Crippen LogP contribution in [0, 0.1) is 5.82 Å². The molecule has 1 saturated heterocycles. The Kier molecular flexibility index (Phi) is 4.80. The number of rotatable bonds is 3. The number of oxime groups is 1. The van der Waals surface area contributed by atoms with Crippen molar-refractivity contribution in [2.24, 2.45) is 10.1 Å². The molecule has 1 aromatic heterocycles. The van der Waals surface area contributed by atoms with E-state index in [1.807, 2.05) is 0 Å². The van der Waals surface area contributed by atoms with E-state index < -0.39 is 5.82 Å². The number of pyridine rings is 1. The minimum atomic E-state index is -0.487. The van der Waals surface area contributed by atoms with Crippen molar-refractivity contribution >= 4 is 29.0 Å². The van der Waals surface area contributed by atoms with E-state index in [1.165, 1.54) is 12.1 Å². The number of halogens is 2. The molecule has 0 amide bonds. The molecule has 4 rings (SSSR count). The summed E-state index contributed by atoms with van der Waals surface area (Å²) >= 11 is 5.85. The molecule has 2 aromatic rings. The zero-order chi connectivity index (χ0) is 19.0. The average molecular weight is 389 g/mol. The number of aliphatic hydroxyl groups is 1. The lowest BCUT2D eigenvalue weighted by Gasteiger charge is -2.17. The van der Waals surface area contributed by atoms with Gasteiger partial charge in [0.05, 0.1) is 16.8 Å². The molecule has 0 spiro atoms. The summed E-state index contributed by atoms with van der Waals surface area (Å²) in [6, 6.07) is 6.22. The van der Waals surface area contributed by atoms with Crippen molar-refractivity contribution in [1.29, 1.82) is 0 Å². The van der Waals surface area contributed by atoms with Gasteiger partial charge in [-0.2, -0.15) is 0 Å². The van der Waals surface area contributed by atoms with Crippen molar-refractivity contribution in [3.05, 3.63) is 58.0 Å². The van der Waals surface area contributed by atoms with E-state index >= 15 is 0 Å². The van der Waals surface area contributed by atoms with Gasteiger partial charge in [-0.15, -0.1) is 0 Å². The van der Waals surface area contributed by atoms with E-state index in [-0.39, 0.29) is 11.1 Å². The second-order valence-electron chi connectivity index (χ2n) is 6.73. The minimum Gasteiger partial charge on any atom is -0.411 e. The Bertz CT molecular complexity index is 947. The topological polar surface area (TPSA) is 81.3 Å². The summed E-state index contributed by atoms with van der Waals surface area (Å²) in [6.07, 6.45) is 2.88. The lowest BCUT2D eigenvalue weighted by atomic mass is 9.97. The van der Waals surface area contributed by atoms with Crippen LogP contribution in [-0.2, 0) is 12.8 Å². The maximum atomic E-state index is 13.4. The number of hydrogen-bond acceptors (Lipinski definition) is 6. The number of aliphatic hydroxyl groups excluding tert-OH is 1. The number of β-amino-alcohol motifs (C(OH)–C–C–N with tert-alkyl or cyclic N) is 1. The third-order valence-corrected chi connectivity index (χ3v) is 5.21. The van der Waals surface area contributed by atoms with Crippen LogP contribution in [-0.4, -0.2) is 50.9 Å². The molecule has 8 heteroatoms. The van der Waals surface area contributed by atoms with Crippen molar-refractivity contribution in [2.45, 2.75) is 25.4 Å². The third-order valence-electron chi connectivity index (χ3n) is 4.92. The Morgan fingerprint density at radius 3 is 2.93 bits per heavy atom. The second-order valence-corrected chi connectivity index (χ2v) is 7.13. The van der Waals surface area contributed by atoms with Gasteiger partial charge < -0.3 is 15.2 Å². The van der Waals surface area contributed by atoms with Crippen LogP contribution in [0.4, 0.5) is 10.2 Å². The van der Waals surface area contributed by atoms with Gasteiger partial charge in [-0.3, -0.25) is 0 Å².